The smallest absolute Gasteiger partial charge is 0.264 e. The van der Waals surface area contributed by atoms with E-state index < -0.39 is 28.5 Å². The Kier molecular flexibility index (Phi) is 9.28. The largest absolute Gasteiger partial charge is 0.355 e. The van der Waals surface area contributed by atoms with Gasteiger partial charge in [0.25, 0.3) is 10.0 Å². The lowest BCUT2D eigenvalue weighted by atomic mass is 10.1. The topological polar surface area (TPSA) is 86.8 Å². The summed E-state index contributed by atoms with van der Waals surface area (Å²) in [5, 5.41) is 2.76. The van der Waals surface area contributed by atoms with Gasteiger partial charge in [0, 0.05) is 17.6 Å². The number of benzene rings is 3. The molecule has 0 radical (unpaired) electrons. The van der Waals surface area contributed by atoms with Gasteiger partial charge in [-0.05, 0) is 62.7 Å². The molecule has 3 rings (SSSR count). The summed E-state index contributed by atoms with van der Waals surface area (Å²) in [6.45, 7) is 5.52. The number of amides is 2. The van der Waals surface area contributed by atoms with E-state index in [1.807, 2.05) is 31.2 Å². The molecule has 1 atom stereocenters. The van der Waals surface area contributed by atoms with Crippen LogP contribution in [0.4, 0.5) is 5.69 Å². The molecule has 0 aliphatic carbocycles. The van der Waals surface area contributed by atoms with Crippen molar-refractivity contribution in [2.45, 2.75) is 38.3 Å². The number of likely N-dealkylation sites (N-methyl/N-ethyl adjacent to an activating group) is 1. The van der Waals surface area contributed by atoms with Crippen LogP contribution in [0.15, 0.2) is 88.2 Å². The van der Waals surface area contributed by atoms with Crippen molar-refractivity contribution in [3.63, 3.8) is 0 Å². The van der Waals surface area contributed by atoms with Crippen molar-refractivity contribution in [3.05, 3.63) is 94.5 Å². The van der Waals surface area contributed by atoms with Crippen molar-refractivity contribution >= 4 is 43.5 Å². The average molecular weight is 573 g/mol. The monoisotopic (exact) mass is 571 g/mol. The predicted octanol–water partition coefficient (Wildman–Crippen LogP) is 4.51. The number of aryl methyl sites for hydroxylation is 1. The number of nitrogens with one attached hydrogen (secondary N) is 1. The number of rotatable bonds is 10. The molecule has 0 unspecified atom stereocenters. The SMILES string of the molecule is CCNC(=O)[C@@H](C)N(Cc1cccc(C)c1)C(=O)CN(c1ccc(Br)cc1)S(=O)(=O)c1ccccc1. The number of hydrogen-bond acceptors (Lipinski definition) is 4. The van der Waals surface area contributed by atoms with Gasteiger partial charge in [0.05, 0.1) is 10.6 Å². The molecule has 0 saturated carbocycles. The van der Waals surface area contributed by atoms with Crippen molar-refractivity contribution < 1.29 is 18.0 Å². The maximum atomic E-state index is 13.7. The van der Waals surface area contributed by atoms with E-state index in [0.717, 1.165) is 19.9 Å². The first-order valence-electron chi connectivity index (χ1n) is 11.6. The van der Waals surface area contributed by atoms with Gasteiger partial charge in [0.2, 0.25) is 11.8 Å². The average Bonchev–Trinajstić information content (AvgIpc) is 2.86. The first-order valence-corrected chi connectivity index (χ1v) is 13.8. The van der Waals surface area contributed by atoms with Gasteiger partial charge in [-0.2, -0.15) is 0 Å². The summed E-state index contributed by atoms with van der Waals surface area (Å²) in [5.74, 6) is -0.794. The van der Waals surface area contributed by atoms with Crippen LogP contribution in [0, 0.1) is 6.92 Å². The summed E-state index contributed by atoms with van der Waals surface area (Å²) in [5.41, 5.74) is 2.21. The molecule has 0 heterocycles. The summed E-state index contributed by atoms with van der Waals surface area (Å²) < 4.78 is 29.2. The molecule has 0 spiro atoms. The Morgan fingerprint density at radius 2 is 1.64 bits per heavy atom. The van der Waals surface area contributed by atoms with Crippen LogP contribution in [-0.2, 0) is 26.2 Å². The molecule has 9 heteroatoms. The van der Waals surface area contributed by atoms with Gasteiger partial charge < -0.3 is 10.2 Å². The van der Waals surface area contributed by atoms with E-state index in [-0.39, 0.29) is 17.3 Å². The Labute approximate surface area is 221 Å². The summed E-state index contributed by atoms with van der Waals surface area (Å²) in [6, 6.07) is 21.5. The number of carbonyl (C=O) groups is 2. The fourth-order valence-corrected chi connectivity index (χ4v) is 5.47. The third-order valence-electron chi connectivity index (χ3n) is 5.68. The fraction of sp³-hybridized carbons (Fsp3) is 0.259. The highest BCUT2D eigenvalue weighted by molar-refractivity contribution is 9.10. The zero-order valence-electron chi connectivity index (χ0n) is 20.5. The molecule has 0 bridgehead atoms. The molecule has 7 nitrogen and oxygen atoms in total. The second-order valence-corrected chi connectivity index (χ2v) is 11.2. The van der Waals surface area contributed by atoms with Gasteiger partial charge in [-0.15, -0.1) is 0 Å². The summed E-state index contributed by atoms with van der Waals surface area (Å²) in [4.78, 5) is 28.0. The first kappa shape index (κ1) is 27.4. The van der Waals surface area contributed by atoms with Gasteiger partial charge in [-0.25, -0.2) is 8.42 Å². The Morgan fingerprint density at radius 3 is 2.25 bits per heavy atom. The molecule has 1 N–H and O–H groups in total. The van der Waals surface area contributed by atoms with E-state index in [0.29, 0.717) is 12.2 Å². The lowest BCUT2D eigenvalue weighted by Gasteiger charge is -2.32. The van der Waals surface area contributed by atoms with E-state index in [1.54, 1.807) is 56.3 Å². The van der Waals surface area contributed by atoms with Gasteiger partial charge >= 0.3 is 0 Å². The Morgan fingerprint density at radius 1 is 0.972 bits per heavy atom. The van der Waals surface area contributed by atoms with E-state index in [9.17, 15) is 18.0 Å². The molecular weight excluding hydrogens is 542 g/mol. The van der Waals surface area contributed by atoms with Gasteiger partial charge in [0.1, 0.15) is 12.6 Å². The Bertz CT molecular complexity index is 1300. The minimum atomic E-state index is -4.06. The summed E-state index contributed by atoms with van der Waals surface area (Å²) >= 11 is 3.37. The van der Waals surface area contributed by atoms with Crippen molar-refractivity contribution in [1.82, 2.24) is 10.2 Å². The molecule has 36 heavy (non-hydrogen) atoms. The van der Waals surface area contributed by atoms with Crippen LogP contribution in [0.3, 0.4) is 0 Å². The minimum Gasteiger partial charge on any atom is -0.355 e. The van der Waals surface area contributed by atoms with Crippen molar-refractivity contribution in [2.75, 3.05) is 17.4 Å². The molecule has 3 aromatic rings. The zero-order valence-corrected chi connectivity index (χ0v) is 22.9. The Hall–Kier alpha value is -3.17. The highest BCUT2D eigenvalue weighted by Gasteiger charge is 2.32. The molecule has 0 aliphatic rings. The van der Waals surface area contributed by atoms with Gasteiger partial charge in [-0.1, -0.05) is 64.0 Å². The maximum absolute atomic E-state index is 13.7. The molecule has 0 aliphatic heterocycles. The molecule has 3 aromatic carbocycles. The second-order valence-electron chi connectivity index (χ2n) is 8.38. The molecule has 190 valence electrons. The zero-order chi connectivity index (χ0) is 26.3. The fourth-order valence-electron chi connectivity index (χ4n) is 3.77. The van der Waals surface area contributed by atoms with Crippen LogP contribution >= 0.6 is 15.9 Å². The van der Waals surface area contributed by atoms with Gasteiger partial charge in [0.15, 0.2) is 0 Å². The van der Waals surface area contributed by atoms with Gasteiger partial charge in [-0.3, -0.25) is 13.9 Å². The lowest BCUT2D eigenvalue weighted by molar-refractivity contribution is -0.139. The van der Waals surface area contributed by atoms with E-state index in [2.05, 4.69) is 21.2 Å². The van der Waals surface area contributed by atoms with Crippen molar-refractivity contribution in [2.24, 2.45) is 0 Å². The van der Waals surface area contributed by atoms with Crippen LogP contribution in [-0.4, -0.2) is 44.3 Å². The van der Waals surface area contributed by atoms with Crippen molar-refractivity contribution in [3.8, 4) is 0 Å². The molecule has 0 saturated heterocycles. The maximum Gasteiger partial charge on any atom is 0.264 e. The number of nitrogens with zero attached hydrogens (tertiary/aromatic N) is 2. The lowest BCUT2D eigenvalue weighted by Crippen LogP contribution is -2.51. The second kappa shape index (κ2) is 12.2. The first-order chi connectivity index (χ1) is 17.1. The predicted molar refractivity (Wildman–Crippen MR) is 145 cm³/mol. The molecule has 0 aromatic heterocycles. The number of sulfonamides is 1. The van der Waals surface area contributed by atoms with E-state index >= 15 is 0 Å². The molecular formula is C27H30BrN3O4S. The number of hydrogen-bond donors (Lipinski definition) is 1. The van der Waals surface area contributed by atoms with Crippen LogP contribution in [0.25, 0.3) is 0 Å². The number of halogens is 1. The third kappa shape index (κ3) is 6.73. The normalized spacial score (nSPS) is 12.0. The standard InChI is InChI=1S/C27H30BrN3O4S/c1-4-29-27(33)21(3)30(18-22-10-8-9-20(2)17-22)26(32)19-31(24-15-13-23(28)14-16-24)36(34,35)25-11-6-5-7-12-25/h5-17,21H,4,18-19H2,1-3H3,(H,29,33)/t21-/m1/s1. The van der Waals surface area contributed by atoms with E-state index in [1.165, 1.54) is 17.0 Å². The summed E-state index contributed by atoms with van der Waals surface area (Å²) in [6.07, 6.45) is 0. The van der Waals surface area contributed by atoms with Crippen LogP contribution < -0.4 is 9.62 Å². The van der Waals surface area contributed by atoms with E-state index in [4.69, 9.17) is 0 Å². The molecule has 2 amide bonds. The highest BCUT2D eigenvalue weighted by atomic mass is 79.9. The Balaban J connectivity index is 2.01. The van der Waals surface area contributed by atoms with Crippen LogP contribution in [0.5, 0.6) is 0 Å². The number of carbonyl (C=O) groups excluding carboxylic acids is 2. The van der Waals surface area contributed by atoms with Crippen LogP contribution in [0.1, 0.15) is 25.0 Å². The highest BCUT2D eigenvalue weighted by Crippen LogP contribution is 2.26. The quantitative estimate of drug-likeness (QED) is 0.388. The minimum absolute atomic E-state index is 0.0720. The molecule has 0 fully saturated rings. The summed E-state index contributed by atoms with van der Waals surface area (Å²) in [7, 11) is -4.06. The van der Waals surface area contributed by atoms with Crippen LogP contribution in [0.2, 0.25) is 0 Å². The number of anilines is 1. The third-order valence-corrected chi connectivity index (χ3v) is 8.00. The van der Waals surface area contributed by atoms with Crippen molar-refractivity contribution in [1.29, 1.82) is 0 Å².